The molecule has 108 valence electrons. The predicted octanol–water partition coefficient (Wildman–Crippen LogP) is 4.92. The van der Waals surface area contributed by atoms with Crippen LogP contribution in [-0.2, 0) is 0 Å². The van der Waals surface area contributed by atoms with Crippen molar-refractivity contribution in [2.24, 2.45) is 0 Å². The molecule has 0 aliphatic heterocycles. The minimum absolute atomic E-state index is 1.11. The average Bonchev–Trinajstić information content (AvgIpc) is 2.11. The van der Waals surface area contributed by atoms with Gasteiger partial charge in [0.15, 0.2) is 0 Å². The van der Waals surface area contributed by atoms with Crippen LogP contribution in [0, 0.1) is 0 Å². The molecule has 0 aromatic heterocycles. The van der Waals surface area contributed by atoms with Gasteiger partial charge >= 0.3 is 0 Å². The van der Waals surface area contributed by atoms with Gasteiger partial charge in [0, 0.05) is 5.69 Å². The number of hydrogen-bond acceptors (Lipinski definition) is 1. The molecule has 0 heterocycles. The molecular weight excluding hydrogens is 325 g/mol. The number of rotatable bonds is 4. The molecule has 1 aromatic rings. The van der Waals surface area contributed by atoms with E-state index in [2.05, 4.69) is 67.8 Å². The summed E-state index contributed by atoms with van der Waals surface area (Å²) in [4.78, 5) is 0. The molecule has 0 amide bonds. The van der Waals surface area contributed by atoms with Gasteiger partial charge in [-0.05, 0) is 23.9 Å². The molecule has 1 rings (SSSR count). The monoisotopic (exact) mass is 349 g/mol. The Balaban J connectivity index is 3.34. The van der Waals surface area contributed by atoms with Gasteiger partial charge in [0.05, 0.1) is 0 Å². The summed E-state index contributed by atoms with van der Waals surface area (Å²) in [6.45, 7) is 14.1. The molecule has 0 atom stereocenters. The SMILES string of the molecule is C[Si](Cl)(Cl)c1cccc(N([Si](C)(C)C)[Si](C)(C)C)c1. The quantitative estimate of drug-likeness (QED) is 0.550. The highest BCUT2D eigenvalue weighted by atomic mass is 35.7. The standard InChI is InChI=1S/C13H25Cl2NSi3/c1-17(2,3)16(18(4,5)6)12-9-8-10-13(11-12)19(7,14)15/h8-11H,1-7H3. The lowest BCUT2D eigenvalue weighted by Gasteiger charge is -2.46. The van der Waals surface area contributed by atoms with E-state index in [1.165, 1.54) is 5.69 Å². The molecule has 19 heavy (non-hydrogen) atoms. The average molecular weight is 351 g/mol. The number of hydrogen-bond donors (Lipinski definition) is 0. The molecular formula is C13H25Cl2NSi3. The van der Waals surface area contributed by atoms with Crippen LogP contribution in [0.15, 0.2) is 24.3 Å². The van der Waals surface area contributed by atoms with Crippen LogP contribution in [-0.4, -0.2) is 23.2 Å². The number of benzene rings is 1. The Hall–Kier alpha value is 0.251. The number of halogens is 2. The Kier molecular flexibility index (Phi) is 5.06. The summed E-state index contributed by atoms with van der Waals surface area (Å²) in [5.74, 6) is 0. The Morgan fingerprint density at radius 3 is 1.68 bits per heavy atom. The lowest BCUT2D eigenvalue weighted by atomic mass is 10.3. The first-order chi connectivity index (χ1) is 8.33. The lowest BCUT2D eigenvalue weighted by Crippen LogP contribution is -2.59. The third kappa shape index (κ3) is 4.63. The van der Waals surface area contributed by atoms with Crippen LogP contribution in [0.5, 0.6) is 0 Å². The Morgan fingerprint density at radius 2 is 1.32 bits per heavy atom. The summed E-state index contributed by atoms with van der Waals surface area (Å²) >= 11 is 12.7. The summed E-state index contributed by atoms with van der Waals surface area (Å²) in [6, 6.07) is 8.56. The van der Waals surface area contributed by atoms with E-state index in [0.717, 1.165) is 5.19 Å². The van der Waals surface area contributed by atoms with E-state index < -0.39 is 23.2 Å². The van der Waals surface area contributed by atoms with Crippen molar-refractivity contribution >= 4 is 56.2 Å². The summed E-state index contributed by atoms with van der Waals surface area (Å²) in [5.41, 5.74) is 1.30. The van der Waals surface area contributed by atoms with E-state index in [4.69, 9.17) is 22.2 Å². The Labute approximate surface area is 130 Å². The van der Waals surface area contributed by atoms with Crippen molar-refractivity contribution < 1.29 is 0 Å². The van der Waals surface area contributed by atoms with Crippen molar-refractivity contribution in [1.82, 2.24) is 0 Å². The van der Waals surface area contributed by atoms with E-state index in [1.807, 2.05) is 6.55 Å². The van der Waals surface area contributed by atoms with Gasteiger partial charge in [0.25, 0.3) is 6.69 Å². The zero-order chi connectivity index (χ0) is 15.1. The summed E-state index contributed by atoms with van der Waals surface area (Å²) in [6.07, 6.45) is 0. The third-order valence-corrected chi connectivity index (χ3v) is 12.8. The first-order valence-electron chi connectivity index (χ1n) is 6.62. The lowest BCUT2D eigenvalue weighted by molar-refractivity contribution is 1.36. The second-order valence-electron chi connectivity index (χ2n) is 7.12. The maximum Gasteiger partial charge on any atom is 0.277 e. The minimum Gasteiger partial charge on any atom is -0.425 e. The molecule has 0 saturated carbocycles. The molecule has 1 nitrogen and oxygen atoms in total. The molecule has 0 unspecified atom stereocenters. The van der Waals surface area contributed by atoms with Crippen LogP contribution in [0.25, 0.3) is 0 Å². The van der Waals surface area contributed by atoms with Gasteiger partial charge in [0.2, 0.25) is 0 Å². The first-order valence-corrected chi connectivity index (χ1v) is 18.0. The van der Waals surface area contributed by atoms with Crippen molar-refractivity contribution in [3.05, 3.63) is 24.3 Å². The van der Waals surface area contributed by atoms with Crippen molar-refractivity contribution in [2.45, 2.75) is 45.8 Å². The molecule has 0 fully saturated rings. The van der Waals surface area contributed by atoms with Crippen molar-refractivity contribution in [1.29, 1.82) is 0 Å². The molecule has 6 heteroatoms. The predicted molar refractivity (Wildman–Crippen MR) is 98.6 cm³/mol. The summed E-state index contributed by atoms with van der Waals surface area (Å²) in [5, 5.41) is 1.11. The molecule has 0 aliphatic rings. The zero-order valence-corrected chi connectivity index (χ0v) is 17.5. The fraction of sp³-hybridized carbons (Fsp3) is 0.538. The minimum atomic E-state index is -2.28. The zero-order valence-electron chi connectivity index (χ0n) is 13.0. The van der Waals surface area contributed by atoms with E-state index in [-0.39, 0.29) is 0 Å². The molecule has 0 saturated heterocycles. The van der Waals surface area contributed by atoms with Crippen LogP contribution < -0.4 is 9.42 Å². The summed E-state index contributed by atoms with van der Waals surface area (Å²) < 4.78 is 2.69. The third-order valence-electron chi connectivity index (χ3n) is 2.95. The summed E-state index contributed by atoms with van der Waals surface area (Å²) in [7, 11) is -2.84. The molecule has 0 radical (unpaired) electrons. The topological polar surface area (TPSA) is 3.24 Å². The smallest absolute Gasteiger partial charge is 0.277 e. The molecule has 1 aromatic carbocycles. The first kappa shape index (κ1) is 17.3. The van der Waals surface area contributed by atoms with E-state index >= 15 is 0 Å². The van der Waals surface area contributed by atoms with Gasteiger partial charge < -0.3 is 4.23 Å². The maximum absolute atomic E-state index is 6.37. The fourth-order valence-electron chi connectivity index (χ4n) is 2.70. The van der Waals surface area contributed by atoms with Crippen molar-refractivity contribution in [2.75, 3.05) is 4.23 Å². The number of anilines is 1. The highest BCUT2D eigenvalue weighted by Gasteiger charge is 2.35. The van der Waals surface area contributed by atoms with Crippen LogP contribution in [0.2, 0.25) is 45.8 Å². The second-order valence-corrected chi connectivity index (χ2v) is 24.6. The fourth-order valence-corrected chi connectivity index (χ4v) is 14.1. The molecule has 0 N–H and O–H groups in total. The van der Waals surface area contributed by atoms with Crippen molar-refractivity contribution in [3.8, 4) is 0 Å². The molecule has 0 spiro atoms. The Morgan fingerprint density at radius 1 is 0.842 bits per heavy atom. The van der Waals surface area contributed by atoms with Crippen molar-refractivity contribution in [3.63, 3.8) is 0 Å². The largest absolute Gasteiger partial charge is 0.425 e. The van der Waals surface area contributed by atoms with E-state index in [9.17, 15) is 0 Å². The highest BCUT2D eigenvalue weighted by molar-refractivity contribution is 7.50. The van der Waals surface area contributed by atoms with Crippen LogP contribution in [0.4, 0.5) is 5.69 Å². The van der Waals surface area contributed by atoms with Gasteiger partial charge in [-0.2, -0.15) is 0 Å². The van der Waals surface area contributed by atoms with E-state index in [1.54, 1.807) is 0 Å². The molecule has 0 aliphatic carbocycles. The number of nitrogens with zero attached hydrogens (tertiary/aromatic N) is 1. The maximum atomic E-state index is 6.37. The molecule has 0 bridgehead atoms. The van der Waals surface area contributed by atoms with Gasteiger partial charge in [-0.15, -0.1) is 22.2 Å². The second kappa shape index (κ2) is 5.56. The van der Waals surface area contributed by atoms with Gasteiger partial charge in [-0.25, -0.2) is 0 Å². The van der Waals surface area contributed by atoms with Gasteiger partial charge in [0.1, 0.15) is 16.5 Å². The van der Waals surface area contributed by atoms with Gasteiger partial charge in [-0.1, -0.05) is 51.4 Å². The van der Waals surface area contributed by atoms with Crippen LogP contribution in [0.3, 0.4) is 0 Å². The normalized spacial score (nSPS) is 13.5. The van der Waals surface area contributed by atoms with E-state index in [0.29, 0.717) is 0 Å². The van der Waals surface area contributed by atoms with Crippen LogP contribution >= 0.6 is 22.2 Å². The highest BCUT2D eigenvalue weighted by Crippen LogP contribution is 2.28. The van der Waals surface area contributed by atoms with Crippen LogP contribution in [0.1, 0.15) is 0 Å². The van der Waals surface area contributed by atoms with Gasteiger partial charge in [-0.3, -0.25) is 0 Å². The Bertz CT molecular complexity index is 430.